The van der Waals surface area contributed by atoms with Crippen LogP contribution in [0.25, 0.3) is 0 Å². The molecule has 0 aromatic rings. The number of carbonyl (C=O) groups is 2. The van der Waals surface area contributed by atoms with Crippen molar-refractivity contribution < 1.29 is 19.4 Å². The Hall–Kier alpha value is -1.30. The van der Waals surface area contributed by atoms with Crippen LogP contribution < -0.4 is 10.6 Å². The summed E-state index contributed by atoms with van der Waals surface area (Å²) in [7, 11) is 1.59. The third kappa shape index (κ3) is 5.46. The molecule has 110 valence electrons. The van der Waals surface area contributed by atoms with Gasteiger partial charge in [0.1, 0.15) is 0 Å². The van der Waals surface area contributed by atoms with E-state index in [-0.39, 0.29) is 18.0 Å². The van der Waals surface area contributed by atoms with Crippen LogP contribution in [0.3, 0.4) is 0 Å². The smallest absolute Gasteiger partial charge is 0.315 e. The summed E-state index contributed by atoms with van der Waals surface area (Å²) in [4.78, 5) is 22.7. The minimum absolute atomic E-state index is 0.0638. The zero-order valence-corrected chi connectivity index (χ0v) is 11.9. The highest BCUT2D eigenvalue weighted by molar-refractivity contribution is 5.75. The topological polar surface area (TPSA) is 87.7 Å². The van der Waals surface area contributed by atoms with E-state index in [1.54, 1.807) is 7.11 Å². The fourth-order valence-electron chi connectivity index (χ4n) is 2.41. The maximum Gasteiger partial charge on any atom is 0.315 e. The molecule has 19 heavy (non-hydrogen) atoms. The number of hydrogen-bond acceptors (Lipinski definition) is 3. The molecule has 1 saturated carbocycles. The number of urea groups is 1. The van der Waals surface area contributed by atoms with Gasteiger partial charge in [-0.3, -0.25) is 4.79 Å². The molecule has 0 aliphatic heterocycles. The van der Waals surface area contributed by atoms with E-state index < -0.39 is 11.5 Å². The Morgan fingerprint density at radius 1 is 1.26 bits per heavy atom. The van der Waals surface area contributed by atoms with Crippen LogP contribution in [0, 0.1) is 5.92 Å². The van der Waals surface area contributed by atoms with Crippen molar-refractivity contribution in [3.05, 3.63) is 0 Å². The van der Waals surface area contributed by atoms with Gasteiger partial charge < -0.3 is 20.5 Å². The Kier molecular flexibility index (Phi) is 5.60. The number of carboxylic acids is 1. The lowest BCUT2D eigenvalue weighted by Gasteiger charge is -2.30. The number of rotatable bonds is 5. The average molecular weight is 272 g/mol. The average Bonchev–Trinajstić information content (AvgIpc) is 2.28. The molecular formula is C13H24N2O4. The molecule has 1 aliphatic rings. The molecule has 0 saturated heterocycles. The Morgan fingerprint density at radius 2 is 1.84 bits per heavy atom. The number of ether oxygens (including phenoxy) is 1. The van der Waals surface area contributed by atoms with Crippen LogP contribution in [-0.2, 0) is 9.53 Å². The van der Waals surface area contributed by atoms with Gasteiger partial charge in [-0.15, -0.1) is 0 Å². The molecule has 0 atom stereocenters. The molecule has 0 unspecified atom stereocenters. The van der Waals surface area contributed by atoms with Crippen molar-refractivity contribution >= 4 is 12.0 Å². The van der Waals surface area contributed by atoms with Gasteiger partial charge in [0, 0.05) is 13.2 Å². The van der Waals surface area contributed by atoms with Crippen LogP contribution >= 0.6 is 0 Å². The molecule has 0 aromatic carbocycles. The summed E-state index contributed by atoms with van der Waals surface area (Å²) < 4.78 is 5.03. The molecule has 2 amide bonds. The molecule has 0 bridgehead atoms. The second-order valence-corrected chi connectivity index (χ2v) is 5.80. The van der Waals surface area contributed by atoms with Crippen molar-refractivity contribution in [2.75, 3.05) is 13.7 Å². The van der Waals surface area contributed by atoms with Crippen LogP contribution in [0.2, 0.25) is 0 Å². The number of nitrogens with one attached hydrogen (secondary N) is 2. The zero-order valence-electron chi connectivity index (χ0n) is 11.9. The van der Waals surface area contributed by atoms with Crippen molar-refractivity contribution in [1.29, 1.82) is 0 Å². The molecule has 1 fully saturated rings. The van der Waals surface area contributed by atoms with Crippen molar-refractivity contribution in [3.8, 4) is 0 Å². The van der Waals surface area contributed by atoms with Gasteiger partial charge in [-0.2, -0.15) is 0 Å². The van der Waals surface area contributed by atoms with E-state index in [0.29, 0.717) is 19.4 Å². The molecule has 1 aliphatic carbocycles. The maximum absolute atomic E-state index is 11.8. The van der Waals surface area contributed by atoms with Gasteiger partial charge in [0.2, 0.25) is 0 Å². The summed E-state index contributed by atoms with van der Waals surface area (Å²) >= 11 is 0. The van der Waals surface area contributed by atoms with Crippen molar-refractivity contribution in [2.24, 2.45) is 5.92 Å². The van der Waals surface area contributed by atoms with E-state index >= 15 is 0 Å². The molecule has 1 rings (SSSR count). The number of aliphatic carboxylic acids is 1. The fraction of sp³-hybridized carbons (Fsp3) is 0.846. The quantitative estimate of drug-likeness (QED) is 0.705. The van der Waals surface area contributed by atoms with Gasteiger partial charge in [-0.25, -0.2) is 4.79 Å². The third-order valence-corrected chi connectivity index (χ3v) is 3.37. The number of carboxylic acid groups (broad SMARTS) is 1. The first-order chi connectivity index (χ1) is 8.84. The van der Waals surface area contributed by atoms with Gasteiger partial charge in [0.15, 0.2) is 0 Å². The first-order valence-electron chi connectivity index (χ1n) is 6.64. The van der Waals surface area contributed by atoms with E-state index in [1.807, 2.05) is 13.8 Å². The second-order valence-electron chi connectivity index (χ2n) is 5.80. The van der Waals surface area contributed by atoms with Gasteiger partial charge in [-0.05, 0) is 39.5 Å². The third-order valence-electron chi connectivity index (χ3n) is 3.37. The lowest BCUT2D eigenvalue weighted by atomic mass is 9.86. The summed E-state index contributed by atoms with van der Waals surface area (Å²) in [6.45, 7) is 4.21. The molecule has 0 aromatic heterocycles. The Bertz CT molecular complexity index is 323. The first-order valence-corrected chi connectivity index (χ1v) is 6.64. The highest BCUT2D eigenvalue weighted by Crippen LogP contribution is 2.24. The predicted octanol–water partition coefficient (Wildman–Crippen LogP) is 1.35. The van der Waals surface area contributed by atoms with E-state index in [4.69, 9.17) is 9.84 Å². The van der Waals surface area contributed by atoms with Gasteiger partial charge in [0.05, 0.1) is 18.1 Å². The minimum Gasteiger partial charge on any atom is -0.481 e. The second kappa shape index (κ2) is 6.75. The fourth-order valence-corrected chi connectivity index (χ4v) is 2.41. The van der Waals surface area contributed by atoms with Crippen LogP contribution in [0.4, 0.5) is 4.79 Å². The van der Waals surface area contributed by atoms with Gasteiger partial charge >= 0.3 is 12.0 Å². The van der Waals surface area contributed by atoms with Crippen LogP contribution in [-0.4, -0.2) is 42.4 Å². The molecule has 6 nitrogen and oxygen atoms in total. The van der Waals surface area contributed by atoms with Crippen LogP contribution in [0.5, 0.6) is 0 Å². The summed E-state index contributed by atoms with van der Waals surface area (Å²) in [5.41, 5.74) is -0.420. The van der Waals surface area contributed by atoms with Crippen molar-refractivity contribution in [3.63, 3.8) is 0 Å². The predicted molar refractivity (Wildman–Crippen MR) is 71.0 cm³/mol. The Balaban J connectivity index is 2.33. The van der Waals surface area contributed by atoms with Gasteiger partial charge in [-0.1, -0.05) is 0 Å². The number of carbonyl (C=O) groups excluding carboxylic acids is 1. The first kappa shape index (κ1) is 15.8. The van der Waals surface area contributed by atoms with E-state index in [1.165, 1.54) is 0 Å². The Morgan fingerprint density at radius 3 is 2.32 bits per heavy atom. The summed E-state index contributed by atoms with van der Waals surface area (Å²) in [6, 6.07) is -0.158. The minimum atomic E-state index is -0.732. The maximum atomic E-state index is 11.8. The van der Waals surface area contributed by atoms with Crippen LogP contribution in [0.1, 0.15) is 39.5 Å². The Labute approximate surface area is 113 Å². The normalized spacial score (nSPS) is 23.7. The lowest BCUT2D eigenvalue weighted by molar-refractivity contribution is -0.142. The molecule has 0 radical (unpaired) electrons. The summed E-state index contributed by atoms with van der Waals surface area (Å²) in [5, 5.41) is 14.6. The molecule has 0 spiro atoms. The molecule has 0 heterocycles. The number of amides is 2. The van der Waals surface area contributed by atoms with Crippen LogP contribution in [0.15, 0.2) is 0 Å². The largest absolute Gasteiger partial charge is 0.481 e. The lowest BCUT2D eigenvalue weighted by Crippen LogP contribution is -2.53. The number of hydrogen-bond donors (Lipinski definition) is 3. The summed E-state index contributed by atoms with van der Waals surface area (Å²) in [5.74, 6) is -0.991. The SMILES string of the molecule is COCC(C)(C)NC(=O)NC1CCC(C(=O)O)CC1. The monoisotopic (exact) mass is 272 g/mol. The number of methoxy groups -OCH3 is 1. The highest BCUT2D eigenvalue weighted by Gasteiger charge is 2.28. The molecule has 3 N–H and O–H groups in total. The van der Waals surface area contributed by atoms with Gasteiger partial charge in [0.25, 0.3) is 0 Å². The molecular weight excluding hydrogens is 248 g/mol. The van der Waals surface area contributed by atoms with E-state index in [9.17, 15) is 9.59 Å². The van der Waals surface area contributed by atoms with E-state index in [0.717, 1.165) is 12.8 Å². The highest BCUT2D eigenvalue weighted by atomic mass is 16.5. The van der Waals surface area contributed by atoms with Crippen molar-refractivity contribution in [1.82, 2.24) is 10.6 Å². The summed E-state index contributed by atoms with van der Waals surface area (Å²) in [6.07, 6.45) is 2.69. The zero-order chi connectivity index (χ0) is 14.5. The van der Waals surface area contributed by atoms with E-state index in [2.05, 4.69) is 10.6 Å². The standard InChI is InChI=1S/C13H24N2O4/c1-13(2,8-19-3)15-12(18)14-10-6-4-9(5-7-10)11(16)17/h9-10H,4-8H2,1-3H3,(H,16,17)(H2,14,15,18). The van der Waals surface area contributed by atoms with Crippen molar-refractivity contribution in [2.45, 2.75) is 51.1 Å². The molecule has 6 heteroatoms.